The molecule has 0 saturated heterocycles. The first-order valence-electron chi connectivity index (χ1n) is 16.8. The number of aromatic nitrogens is 4. The summed E-state index contributed by atoms with van der Waals surface area (Å²) in [5, 5.41) is 7.05. The van der Waals surface area contributed by atoms with Crippen LogP contribution < -0.4 is 0 Å². The van der Waals surface area contributed by atoms with E-state index in [0.29, 0.717) is 17.5 Å². The van der Waals surface area contributed by atoms with E-state index in [1.807, 2.05) is 72.8 Å². The zero-order valence-electron chi connectivity index (χ0n) is 26.7. The SMILES string of the molecule is c1ccc(-c2nc(-c3ccccc3)nc(-c3cccc4oc5ccc(-c6cc7c8ccccc8n8c9ccccc9c(c6)c78)cc5c34)n2)cc1. The highest BCUT2D eigenvalue weighted by molar-refractivity contribution is 6.24. The summed E-state index contributed by atoms with van der Waals surface area (Å²) >= 11 is 0. The molecule has 0 N–H and O–H groups in total. The Kier molecular flexibility index (Phi) is 5.60. The predicted molar refractivity (Wildman–Crippen MR) is 204 cm³/mol. The smallest absolute Gasteiger partial charge is 0.164 e. The Bertz CT molecular complexity index is 2950. The van der Waals surface area contributed by atoms with Gasteiger partial charge >= 0.3 is 0 Å². The van der Waals surface area contributed by atoms with Gasteiger partial charge in [-0.15, -0.1) is 0 Å². The summed E-state index contributed by atoms with van der Waals surface area (Å²) < 4.78 is 8.89. The van der Waals surface area contributed by atoms with Gasteiger partial charge in [-0.3, -0.25) is 0 Å². The topological polar surface area (TPSA) is 56.2 Å². The zero-order chi connectivity index (χ0) is 32.8. The highest BCUT2D eigenvalue weighted by Gasteiger charge is 2.21. The zero-order valence-corrected chi connectivity index (χ0v) is 26.7. The molecule has 0 spiro atoms. The molecule has 4 aromatic heterocycles. The highest BCUT2D eigenvalue weighted by Crippen LogP contribution is 2.43. The number of benzene rings is 7. The molecular formula is C45H26N4O. The van der Waals surface area contributed by atoms with E-state index in [1.165, 1.54) is 43.7 Å². The van der Waals surface area contributed by atoms with Gasteiger partial charge < -0.3 is 8.82 Å². The molecule has 0 radical (unpaired) electrons. The lowest BCUT2D eigenvalue weighted by Gasteiger charge is -2.09. The fourth-order valence-corrected chi connectivity index (χ4v) is 7.74. The van der Waals surface area contributed by atoms with Crippen molar-refractivity contribution in [2.45, 2.75) is 0 Å². The van der Waals surface area contributed by atoms with E-state index in [1.54, 1.807) is 0 Å². The molecule has 5 nitrogen and oxygen atoms in total. The number of para-hydroxylation sites is 2. The first-order valence-corrected chi connectivity index (χ1v) is 16.8. The largest absolute Gasteiger partial charge is 0.456 e. The predicted octanol–water partition coefficient (Wildman–Crippen LogP) is 11.6. The maximum Gasteiger partial charge on any atom is 0.164 e. The van der Waals surface area contributed by atoms with Crippen LogP contribution in [0.25, 0.3) is 105 Å². The molecule has 0 fully saturated rings. The molecule has 0 aliphatic rings. The minimum absolute atomic E-state index is 0.607. The fraction of sp³-hybridized carbons (Fsp3) is 0. The molecule has 11 rings (SSSR count). The van der Waals surface area contributed by atoms with Gasteiger partial charge in [0.2, 0.25) is 0 Å². The molecule has 232 valence electrons. The van der Waals surface area contributed by atoms with Crippen LogP contribution in [0.2, 0.25) is 0 Å². The monoisotopic (exact) mass is 638 g/mol. The van der Waals surface area contributed by atoms with E-state index in [-0.39, 0.29) is 0 Å². The molecule has 0 saturated carbocycles. The van der Waals surface area contributed by atoms with Crippen LogP contribution in [0, 0.1) is 0 Å². The first kappa shape index (κ1) is 27.1. The van der Waals surface area contributed by atoms with Crippen molar-refractivity contribution < 1.29 is 4.42 Å². The average molecular weight is 639 g/mol. The van der Waals surface area contributed by atoms with E-state index in [4.69, 9.17) is 19.4 Å². The molecule has 0 amide bonds. The Morgan fingerprint density at radius 3 is 1.58 bits per heavy atom. The molecule has 50 heavy (non-hydrogen) atoms. The van der Waals surface area contributed by atoms with Gasteiger partial charge in [0.1, 0.15) is 11.2 Å². The number of furan rings is 1. The summed E-state index contributed by atoms with van der Waals surface area (Å²) in [6, 6.07) is 54.9. The first-order chi connectivity index (χ1) is 24.8. The fourth-order valence-electron chi connectivity index (χ4n) is 7.74. The second-order valence-corrected chi connectivity index (χ2v) is 12.8. The van der Waals surface area contributed by atoms with Gasteiger partial charge in [-0.1, -0.05) is 115 Å². The van der Waals surface area contributed by atoms with E-state index < -0.39 is 0 Å². The van der Waals surface area contributed by atoms with E-state index in [9.17, 15) is 0 Å². The molecule has 11 aromatic rings. The van der Waals surface area contributed by atoms with Gasteiger partial charge in [0.05, 0.1) is 16.6 Å². The maximum atomic E-state index is 6.48. The molecule has 0 bridgehead atoms. The van der Waals surface area contributed by atoms with Crippen molar-refractivity contribution in [3.63, 3.8) is 0 Å². The van der Waals surface area contributed by atoms with Gasteiger partial charge in [0.15, 0.2) is 17.5 Å². The average Bonchev–Trinajstić information content (AvgIpc) is 3.85. The molecular weight excluding hydrogens is 613 g/mol. The minimum Gasteiger partial charge on any atom is -0.456 e. The summed E-state index contributed by atoms with van der Waals surface area (Å²) in [7, 11) is 0. The standard InChI is InChI=1S/C45H26N4O/c1-3-12-27(13-4-1)43-46-44(28-14-5-2-6-15-28)48-45(47-43)33-18-11-21-40-41(33)36-24-29(22-23-39(36)50-40)30-25-34-31-16-7-9-19-37(31)49-38-20-10-8-17-32(38)35(26-30)42(34)49/h1-26H. The van der Waals surface area contributed by atoms with Gasteiger partial charge in [0, 0.05) is 49.0 Å². The minimum atomic E-state index is 0.607. The van der Waals surface area contributed by atoms with Gasteiger partial charge in [0.25, 0.3) is 0 Å². The summed E-state index contributed by atoms with van der Waals surface area (Å²) in [4.78, 5) is 15.0. The van der Waals surface area contributed by atoms with Crippen LogP contribution in [-0.2, 0) is 0 Å². The third-order valence-corrected chi connectivity index (χ3v) is 9.97. The molecule has 7 aromatic carbocycles. The Hall–Kier alpha value is -6.85. The summed E-state index contributed by atoms with van der Waals surface area (Å²) in [6.45, 7) is 0. The summed E-state index contributed by atoms with van der Waals surface area (Å²) in [5.74, 6) is 1.87. The second kappa shape index (κ2) is 10.3. The van der Waals surface area contributed by atoms with Crippen LogP contribution in [-0.4, -0.2) is 19.4 Å². The number of hydrogen-bond acceptors (Lipinski definition) is 4. The second-order valence-electron chi connectivity index (χ2n) is 12.8. The third-order valence-electron chi connectivity index (χ3n) is 9.97. The van der Waals surface area contributed by atoms with Crippen molar-refractivity contribution in [3.8, 4) is 45.3 Å². The lowest BCUT2D eigenvalue weighted by atomic mass is 9.97. The van der Waals surface area contributed by atoms with Crippen LogP contribution in [0.5, 0.6) is 0 Å². The van der Waals surface area contributed by atoms with Gasteiger partial charge in [-0.05, 0) is 53.6 Å². The van der Waals surface area contributed by atoms with Crippen LogP contribution in [0.15, 0.2) is 162 Å². The lowest BCUT2D eigenvalue weighted by molar-refractivity contribution is 0.669. The molecule has 4 heterocycles. The number of nitrogens with zero attached hydrogens (tertiary/aromatic N) is 4. The Labute approximate surface area is 286 Å². The quantitative estimate of drug-likeness (QED) is 0.192. The van der Waals surface area contributed by atoms with Crippen molar-refractivity contribution in [2.75, 3.05) is 0 Å². The van der Waals surface area contributed by atoms with Crippen molar-refractivity contribution in [3.05, 3.63) is 158 Å². The van der Waals surface area contributed by atoms with E-state index in [0.717, 1.165) is 44.2 Å². The maximum absolute atomic E-state index is 6.48. The van der Waals surface area contributed by atoms with Crippen molar-refractivity contribution in [2.24, 2.45) is 0 Å². The normalized spacial score (nSPS) is 12.0. The molecule has 5 heteroatoms. The molecule has 0 aliphatic heterocycles. The van der Waals surface area contributed by atoms with Crippen LogP contribution >= 0.6 is 0 Å². The lowest BCUT2D eigenvalue weighted by Crippen LogP contribution is -2.00. The highest BCUT2D eigenvalue weighted by atomic mass is 16.3. The third kappa shape index (κ3) is 3.92. The Balaban J connectivity index is 1.16. The van der Waals surface area contributed by atoms with Crippen molar-refractivity contribution >= 4 is 60.0 Å². The molecule has 0 aliphatic carbocycles. The number of hydrogen-bond donors (Lipinski definition) is 0. The summed E-state index contributed by atoms with van der Waals surface area (Å²) in [6.07, 6.45) is 0. The van der Waals surface area contributed by atoms with Crippen LogP contribution in [0.3, 0.4) is 0 Å². The van der Waals surface area contributed by atoms with Gasteiger partial charge in [-0.2, -0.15) is 0 Å². The number of rotatable bonds is 4. The molecule has 0 unspecified atom stereocenters. The van der Waals surface area contributed by atoms with Gasteiger partial charge in [-0.25, -0.2) is 15.0 Å². The van der Waals surface area contributed by atoms with E-state index in [2.05, 4.69) is 89.3 Å². The Morgan fingerprint density at radius 2 is 0.940 bits per heavy atom. The van der Waals surface area contributed by atoms with Crippen molar-refractivity contribution in [1.29, 1.82) is 0 Å². The van der Waals surface area contributed by atoms with Crippen molar-refractivity contribution in [1.82, 2.24) is 19.4 Å². The number of fused-ring (bicyclic) bond motifs is 9. The van der Waals surface area contributed by atoms with E-state index >= 15 is 0 Å². The Morgan fingerprint density at radius 1 is 0.380 bits per heavy atom. The summed E-state index contributed by atoms with van der Waals surface area (Å²) in [5.41, 5.74) is 10.4. The van der Waals surface area contributed by atoms with Crippen LogP contribution in [0.4, 0.5) is 0 Å². The van der Waals surface area contributed by atoms with Crippen LogP contribution in [0.1, 0.15) is 0 Å². The molecule has 0 atom stereocenters.